The lowest BCUT2D eigenvalue weighted by Crippen LogP contribution is -2.12. The first-order chi connectivity index (χ1) is 11.2. The highest BCUT2D eigenvalue weighted by Gasteiger charge is 2.10. The van der Waals surface area contributed by atoms with Crippen molar-refractivity contribution >= 4 is 11.6 Å². The van der Waals surface area contributed by atoms with E-state index >= 15 is 0 Å². The van der Waals surface area contributed by atoms with Crippen molar-refractivity contribution in [1.82, 2.24) is 10.2 Å². The molecule has 0 spiro atoms. The molecule has 5 nitrogen and oxygen atoms in total. The lowest BCUT2D eigenvalue weighted by Gasteiger charge is -2.04. The molecule has 1 aromatic heterocycles. The van der Waals surface area contributed by atoms with Crippen molar-refractivity contribution in [2.24, 2.45) is 0 Å². The van der Waals surface area contributed by atoms with Crippen LogP contribution >= 0.6 is 0 Å². The van der Waals surface area contributed by atoms with Gasteiger partial charge in [0.05, 0.1) is 0 Å². The third-order valence-corrected chi connectivity index (χ3v) is 3.39. The second-order valence-electron chi connectivity index (χ2n) is 5.28. The molecule has 0 radical (unpaired) electrons. The molecule has 0 aliphatic carbocycles. The molecular formula is C18H17N3O2. The number of benzene rings is 2. The highest BCUT2D eigenvalue weighted by molar-refractivity contribution is 5.90. The molecule has 2 aromatic carbocycles. The molecule has 3 aromatic rings. The molecule has 116 valence electrons. The lowest BCUT2D eigenvalue weighted by atomic mass is 10.2. The van der Waals surface area contributed by atoms with Gasteiger partial charge in [-0.2, -0.15) is 0 Å². The summed E-state index contributed by atoms with van der Waals surface area (Å²) in [6.07, 6.45) is 0.710. The smallest absolute Gasteiger partial charge is 0.247 e. The van der Waals surface area contributed by atoms with Gasteiger partial charge in [0.2, 0.25) is 17.7 Å². The van der Waals surface area contributed by atoms with Crippen LogP contribution in [0.2, 0.25) is 0 Å². The molecule has 0 saturated heterocycles. The van der Waals surface area contributed by atoms with Gasteiger partial charge in [0.15, 0.2) is 0 Å². The Morgan fingerprint density at radius 1 is 1.04 bits per heavy atom. The molecule has 0 fully saturated rings. The number of carbonyl (C=O) groups is 1. The van der Waals surface area contributed by atoms with Crippen LogP contribution in [-0.4, -0.2) is 16.1 Å². The fourth-order valence-corrected chi connectivity index (χ4v) is 2.13. The Morgan fingerprint density at radius 2 is 1.78 bits per heavy atom. The Bertz CT molecular complexity index is 780. The maximum absolute atomic E-state index is 11.9. The van der Waals surface area contributed by atoms with E-state index in [4.69, 9.17) is 4.42 Å². The van der Waals surface area contributed by atoms with E-state index in [0.717, 1.165) is 16.8 Å². The second-order valence-corrected chi connectivity index (χ2v) is 5.28. The zero-order valence-electron chi connectivity index (χ0n) is 12.8. The van der Waals surface area contributed by atoms with Gasteiger partial charge in [0.1, 0.15) is 0 Å². The van der Waals surface area contributed by atoms with Gasteiger partial charge in [-0.3, -0.25) is 4.79 Å². The molecule has 0 unspecified atom stereocenters. The Labute approximate surface area is 134 Å². The van der Waals surface area contributed by atoms with Gasteiger partial charge in [0, 0.05) is 24.1 Å². The Morgan fingerprint density at radius 3 is 2.52 bits per heavy atom. The van der Waals surface area contributed by atoms with Crippen LogP contribution in [0.25, 0.3) is 11.5 Å². The summed E-state index contributed by atoms with van der Waals surface area (Å²) < 4.78 is 5.58. The molecule has 23 heavy (non-hydrogen) atoms. The third-order valence-electron chi connectivity index (χ3n) is 3.39. The Kier molecular flexibility index (Phi) is 4.47. The zero-order valence-corrected chi connectivity index (χ0v) is 12.8. The van der Waals surface area contributed by atoms with Crippen LogP contribution in [0.4, 0.5) is 5.69 Å². The van der Waals surface area contributed by atoms with Crippen molar-refractivity contribution in [1.29, 1.82) is 0 Å². The molecular weight excluding hydrogens is 290 g/mol. The predicted octanol–water partition coefficient (Wildman–Crippen LogP) is 3.62. The van der Waals surface area contributed by atoms with E-state index in [-0.39, 0.29) is 5.91 Å². The van der Waals surface area contributed by atoms with E-state index < -0.39 is 0 Å². The number of carbonyl (C=O) groups excluding carboxylic acids is 1. The molecule has 0 aliphatic heterocycles. The first kappa shape index (κ1) is 15.0. The average molecular weight is 307 g/mol. The molecule has 0 atom stereocenters. The number of hydrogen-bond acceptors (Lipinski definition) is 4. The van der Waals surface area contributed by atoms with Crippen molar-refractivity contribution < 1.29 is 9.21 Å². The van der Waals surface area contributed by atoms with Gasteiger partial charge in [-0.05, 0) is 31.2 Å². The molecule has 0 bridgehead atoms. The summed E-state index contributed by atoms with van der Waals surface area (Å²) in [5, 5.41) is 10.8. The summed E-state index contributed by atoms with van der Waals surface area (Å²) in [4.78, 5) is 11.9. The van der Waals surface area contributed by atoms with Crippen LogP contribution in [0.15, 0.2) is 59.0 Å². The molecule has 3 rings (SSSR count). The maximum Gasteiger partial charge on any atom is 0.247 e. The quantitative estimate of drug-likeness (QED) is 0.781. The standard InChI is InChI=1S/C18H17N3O2/c1-13-7-9-15(10-8-13)19-16(22)11-12-17-20-21-18(23-17)14-5-3-2-4-6-14/h2-10H,11-12H2,1H3,(H,19,22). The predicted molar refractivity (Wildman–Crippen MR) is 87.9 cm³/mol. The number of nitrogens with zero attached hydrogens (tertiary/aromatic N) is 2. The van der Waals surface area contributed by atoms with Crippen LogP contribution in [0.5, 0.6) is 0 Å². The van der Waals surface area contributed by atoms with Gasteiger partial charge in [0.25, 0.3) is 0 Å². The van der Waals surface area contributed by atoms with Crippen molar-refractivity contribution in [2.45, 2.75) is 19.8 Å². The van der Waals surface area contributed by atoms with E-state index in [1.165, 1.54) is 0 Å². The lowest BCUT2D eigenvalue weighted by molar-refractivity contribution is -0.116. The Hall–Kier alpha value is -2.95. The maximum atomic E-state index is 11.9. The SMILES string of the molecule is Cc1ccc(NC(=O)CCc2nnc(-c3ccccc3)o2)cc1. The van der Waals surface area contributed by atoms with E-state index in [9.17, 15) is 4.79 Å². The minimum absolute atomic E-state index is 0.0756. The summed E-state index contributed by atoms with van der Waals surface area (Å²) in [5.41, 5.74) is 2.81. The van der Waals surface area contributed by atoms with Crippen LogP contribution in [-0.2, 0) is 11.2 Å². The van der Waals surface area contributed by atoms with Crippen molar-refractivity contribution in [3.63, 3.8) is 0 Å². The number of hydrogen-bond donors (Lipinski definition) is 1. The fraction of sp³-hybridized carbons (Fsp3) is 0.167. The number of rotatable bonds is 5. The molecule has 0 aliphatic rings. The number of anilines is 1. The van der Waals surface area contributed by atoms with Crippen molar-refractivity contribution in [3.8, 4) is 11.5 Å². The summed E-state index contributed by atoms with van der Waals surface area (Å²) >= 11 is 0. The molecule has 1 amide bonds. The zero-order chi connectivity index (χ0) is 16.1. The topological polar surface area (TPSA) is 68.0 Å². The average Bonchev–Trinajstić information content (AvgIpc) is 3.05. The number of nitrogens with one attached hydrogen (secondary N) is 1. The highest BCUT2D eigenvalue weighted by atomic mass is 16.4. The number of amides is 1. The van der Waals surface area contributed by atoms with E-state index in [0.29, 0.717) is 24.6 Å². The number of aryl methyl sites for hydroxylation is 2. The highest BCUT2D eigenvalue weighted by Crippen LogP contribution is 2.17. The third kappa shape index (κ3) is 4.03. The van der Waals surface area contributed by atoms with Gasteiger partial charge in [-0.1, -0.05) is 35.9 Å². The van der Waals surface area contributed by atoms with Gasteiger partial charge in [-0.15, -0.1) is 10.2 Å². The number of aromatic nitrogens is 2. The normalized spacial score (nSPS) is 10.5. The van der Waals surface area contributed by atoms with Gasteiger partial charge in [-0.25, -0.2) is 0 Å². The summed E-state index contributed by atoms with van der Waals surface area (Å²) in [5.74, 6) is 0.857. The second kappa shape index (κ2) is 6.87. The van der Waals surface area contributed by atoms with Crippen LogP contribution in [0, 0.1) is 6.92 Å². The largest absolute Gasteiger partial charge is 0.421 e. The van der Waals surface area contributed by atoms with E-state index in [1.807, 2.05) is 61.5 Å². The van der Waals surface area contributed by atoms with Crippen molar-refractivity contribution in [3.05, 3.63) is 66.1 Å². The molecule has 1 N–H and O–H groups in total. The van der Waals surface area contributed by atoms with Gasteiger partial charge >= 0.3 is 0 Å². The van der Waals surface area contributed by atoms with Crippen LogP contribution in [0.1, 0.15) is 17.9 Å². The Balaban J connectivity index is 1.55. The van der Waals surface area contributed by atoms with Gasteiger partial charge < -0.3 is 9.73 Å². The molecule has 0 saturated carbocycles. The van der Waals surface area contributed by atoms with Crippen LogP contribution < -0.4 is 5.32 Å². The van der Waals surface area contributed by atoms with E-state index in [2.05, 4.69) is 15.5 Å². The van der Waals surface area contributed by atoms with Crippen molar-refractivity contribution in [2.75, 3.05) is 5.32 Å². The van der Waals surface area contributed by atoms with E-state index in [1.54, 1.807) is 0 Å². The first-order valence-corrected chi connectivity index (χ1v) is 7.45. The minimum Gasteiger partial charge on any atom is -0.421 e. The molecule has 1 heterocycles. The molecule has 5 heteroatoms. The fourth-order valence-electron chi connectivity index (χ4n) is 2.13. The monoisotopic (exact) mass is 307 g/mol. The minimum atomic E-state index is -0.0756. The summed E-state index contributed by atoms with van der Waals surface area (Å²) in [6, 6.07) is 17.2. The van der Waals surface area contributed by atoms with Crippen LogP contribution in [0.3, 0.4) is 0 Å². The first-order valence-electron chi connectivity index (χ1n) is 7.45. The summed E-state index contributed by atoms with van der Waals surface area (Å²) in [6.45, 7) is 2.01. The summed E-state index contributed by atoms with van der Waals surface area (Å²) in [7, 11) is 0.